The molecule has 34 heavy (non-hydrogen) atoms. The number of carbonyl (C=O) groups excluding carboxylic acids is 1. The first-order chi connectivity index (χ1) is 16.1. The molecule has 2 aliphatic rings. The lowest BCUT2D eigenvalue weighted by Crippen LogP contribution is -2.33. The van der Waals surface area contributed by atoms with Crippen molar-refractivity contribution in [3.05, 3.63) is 81.7 Å². The highest BCUT2D eigenvalue weighted by Crippen LogP contribution is 2.46. The van der Waals surface area contributed by atoms with Crippen LogP contribution in [0.5, 0.6) is 0 Å². The number of pyridine rings is 1. The highest BCUT2D eigenvalue weighted by molar-refractivity contribution is 7.95. The van der Waals surface area contributed by atoms with E-state index in [0.29, 0.717) is 30.5 Å². The standard InChI is InChI=1S/C24H23F3N2O4S/c1-2-33-23(30)20-19(15-7-5-9-17(13-15)24(25,26)27)22-18(10-3-4-12-34(22,31)32)29-21(20)16-8-6-11-28-14-16/h5-9,11,13-14,19,29H,2-4,10,12H2,1H3. The van der Waals surface area contributed by atoms with Crippen molar-refractivity contribution >= 4 is 21.5 Å². The minimum Gasteiger partial charge on any atom is -0.463 e. The molecule has 0 bridgehead atoms. The van der Waals surface area contributed by atoms with Crippen LogP contribution in [0.1, 0.15) is 48.8 Å². The Hall–Kier alpha value is -3.14. The number of alkyl halides is 3. The summed E-state index contributed by atoms with van der Waals surface area (Å²) in [5.74, 6) is -2.21. The minimum absolute atomic E-state index is 0.0105. The van der Waals surface area contributed by atoms with E-state index >= 15 is 0 Å². The Morgan fingerprint density at radius 3 is 2.68 bits per heavy atom. The Balaban J connectivity index is 2.05. The van der Waals surface area contributed by atoms with Crippen LogP contribution in [-0.2, 0) is 25.5 Å². The number of rotatable bonds is 4. The number of dihydropyridines is 1. The number of benzene rings is 1. The number of sulfone groups is 1. The van der Waals surface area contributed by atoms with Crippen molar-refractivity contribution in [2.75, 3.05) is 12.4 Å². The van der Waals surface area contributed by atoms with Gasteiger partial charge in [-0.3, -0.25) is 4.98 Å². The molecule has 0 fully saturated rings. The second-order valence-electron chi connectivity index (χ2n) is 8.05. The van der Waals surface area contributed by atoms with E-state index in [2.05, 4.69) is 10.3 Å². The molecular weight excluding hydrogens is 469 g/mol. The zero-order chi connectivity index (χ0) is 24.5. The molecule has 2 aliphatic heterocycles. The third-order valence-corrected chi connectivity index (χ3v) is 7.79. The lowest BCUT2D eigenvalue weighted by Gasteiger charge is -2.32. The SMILES string of the molecule is CCOC(=O)C1=C(c2cccnc2)NC2=C(C1c1cccc(C(F)(F)F)c1)S(=O)(=O)CCCC2. The number of hydrogen-bond acceptors (Lipinski definition) is 6. The molecule has 0 spiro atoms. The Morgan fingerprint density at radius 1 is 1.21 bits per heavy atom. The van der Waals surface area contributed by atoms with Gasteiger partial charge in [-0.15, -0.1) is 0 Å². The normalized spacial score (nSPS) is 20.3. The number of esters is 1. The summed E-state index contributed by atoms with van der Waals surface area (Å²) in [5, 5.41) is 3.12. The summed E-state index contributed by atoms with van der Waals surface area (Å²) < 4.78 is 72.6. The van der Waals surface area contributed by atoms with Gasteiger partial charge in [0.2, 0.25) is 0 Å². The molecule has 1 atom stereocenters. The molecular formula is C24H23F3N2O4S. The van der Waals surface area contributed by atoms with Crippen molar-refractivity contribution in [1.29, 1.82) is 0 Å². The molecule has 4 rings (SSSR count). The van der Waals surface area contributed by atoms with Crippen molar-refractivity contribution in [2.45, 2.75) is 38.3 Å². The molecule has 0 saturated carbocycles. The topological polar surface area (TPSA) is 85.4 Å². The molecule has 0 aliphatic carbocycles. The van der Waals surface area contributed by atoms with Crippen LogP contribution >= 0.6 is 0 Å². The van der Waals surface area contributed by atoms with Crippen molar-refractivity contribution in [3.8, 4) is 0 Å². The maximum absolute atomic E-state index is 13.5. The molecule has 6 nitrogen and oxygen atoms in total. The maximum Gasteiger partial charge on any atom is 0.416 e. The summed E-state index contributed by atoms with van der Waals surface area (Å²) in [6.07, 6.45) is -0.228. The van der Waals surface area contributed by atoms with Gasteiger partial charge in [-0.2, -0.15) is 13.2 Å². The summed E-state index contributed by atoms with van der Waals surface area (Å²) in [7, 11) is -3.87. The molecule has 180 valence electrons. The molecule has 10 heteroatoms. The van der Waals surface area contributed by atoms with E-state index in [9.17, 15) is 26.4 Å². The molecule has 0 saturated heterocycles. The van der Waals surface area contributed by atoms with Crippen LogP contribution in [0.25, 0.3) is 5.70 Å². The predicted molar refractivity (Wildman–Crippen MR) is 120 cm³/mol. The fourth-order valence-corrected chi connectivity index (χ4v) is 6.31. The van der Waals surface area contributed by atoms with Crippen LogP contribution < -0.4 is 5.32 Å². The average Bonchev–Trinajstić information content (AvgIpc) is 2.96. The third-order valence-electron chi connectivity index (χ3n) is 5.81. The molecule has 1 aromatic heterocycles. The highest BCUT2D eigenvalue weighted by Gasteiger charge is 2.43. The van der Waals surface area contributed by atoms with E-state index in [-0.39, 0.29) is 34.1 Å². The number of allylic oxidation sites excluding steroid dienone is 2. The fourth-order valence-electron chi connectivity index (χ4n) is 4.37. The van der Waals surface area contributed by atoms with Gasteiger partial charge in [0.05, 0.1) is 40.0 Å². The van der Waals surface area contributed by atoms with E-state index < -0.39 is 33.5 Å². The van der Waals surface area contributed by atoms with Gasteiger partial charge < -0.3 is 10.1 Å². The monoisotopic (exact) mass is 492 g/mol. The first-order valence-electron chi connectivity index (χ1n) is 10.8. The number of aromatic nitrogens is 1. The Labute approximate surface area is 195 Å². The lowest BCUT2D eigenvalue weighted by molar-refractivity contribution is -0.138. The largest absolute Gasteiger partial charge is 0.463 e. The van der Waals surface area contributed by atoms with Gasteiger partial charge in [0.15, 0.2) is 9.84 Å². The first kappa shape index (κ1) is 24.0. The van der Waals surface area contributed by atoms with Crippen molar-refractivity contribution in [1.82, 2.24) is 10.3 Å². The molecule has 1 unspecified atom stereocenters. The van der Waals surface area contributed by atoms with Crippen LogP contribution in [0.3, 0.4) is 0 Å². The predicted octanol–water partition coefficient (Wildman–Crippen LogP) is 4.57. The number of hydrogen-bond donors (Lipinski definition) is 1. The Kier molecular flexibility index (Phi) is 6.53. The average molecular weight is 493 g/mol. The van der Waals surface area contributed by atoms with Crippen molar-refractivity contribution in [2.24, 2.45) is 0 Å². The quantitative estimate of drug-likeness (QED) is 0.630. The molecule has 0 radical (unpaired) electrons. The van der Waals surface area contributed by atoms with E-state index in [1.54, 1.807) is 25.3 Å². The fraction of sp³-hybridized carbons (Fsp3) is 0.333. The Bertz CT molecular complexity index is 1270. The summed E-state index contributed by atoms with van der Waals surface area (Å²) in [6.45, 7) is 1.61. The summed E-state index contributed by atoms with van der Waals surface area (Å²) in [6, 6.07) is 7.79. The zero-order valence-electron chi connectivity index (χ0n) is 18.4. The van der Waals surface area contributed by atoms with Gasteiger partial charge in [-0.25, -0.2) is 13.2 Å². The van der Waals surface area contributed by atoms with E-state index in [1.807, 2.05) is 0 Å². The number of nitrogens with zero attached hydrogens (tertiary/aromatic N) is 1. The summed E-state index contributed by atoms with van der Waals surface area (Å²) >= 11 is 0. The molecule has 3 heterocycles. The minimum atomic E-state index is -4.64. The molecule has 1 N–H and O–H groups in total. The summed E-state index contributed by atoms with van der Waals surface area (Å²) in [4.78, 5) is 17.3. The van der Waals surface area contributed by atoms with E-state index in [1.165, 1.54) is 18.3 Å². The number of nitrogens with one attached hydrogen (secondary N) is 1. The second kappa shape index (κ2) is 9.25. The maximum atomic E-state index is 13.5. The van der Waals surface area contributed by atoms with Crippen LogP contribution in [0, 0.1) is 0 Å². The van der Waals surface area contributed by atoms with Crippen molar-refractivity contribution < 1.29 is 31.1 Å². The van der Waals surface area contributed by atoms with Crippen molar-refractivity contribution in [3.63, 3.8) is 0 Å². The van der Waals surface area contributed by atoms with Gasteiger partial charge >= 0.3 is 12.1 Å². The number of carbonyl (C=O) groups is 1. The first-order valence-corrected chi connectivity index (χ1v) is 12.5. The van der Waals surface area contributed by atoms with Crippen LogP contribution in [-0.4, -0.2) is 31.7 Å². The smallest absolute Gasteiger partial charge is 0.416 e. The van der Waals surface area contributed by atoms with Gasteiger partial charge in [0, 0.05) is 23.7 Å². The molecule has 2 aromatic rings. The van der Waals surface area contributed by atoms with Gasteiger partial charge in [0.25, 0.3) is 0 Å². The molecule has 0 amide bonds. The Morgan fingerprint density at radius 2 is 2.00 bits per heavy atom. The third kappa shape index (κ3) is 4.59. The van der Waals surface area contributed by atoms with Gasteiger partial charge in [-0.1, -0.05) is 18.2 Å². The van der Waals surface area contributed by atoms with Crippen LogP contribution in [0.4, 0.5) is 13.2 Å². The lowest BCUT2D eigenvalue weighted by atomic mass is 9.83. The molecule has 1 aromatic carbocycles. The van der Waals surface area contributed by atoms with Crippen LogP contribution in [0.15, 0.2) is 65.0 Å². The highest BCUT2D eigenvalue weighted by atomic mass is 32.2. The van der Waals surface area contributed by atoms with Crippen LogP contribution in [0.2, 0.25) is 0 Å². The van der Waals surface area contributed by atoms with Gasteiger partial charge in [-0.05, 0) is 49.9 Å². The summed E-state index contributed by atoms with van der Waals surface area (Å²) in [5.41, 5.74) is 0.229. The number of ether oxygens (including phenoxy) is 1. The number of halogens is 3. The van der Waals surface area contributed by atoms with E-state index in [0.717, 1.165) is 12.1 Å². The second-order valence-corrected chi connectivity index (χ2v) is 10.1. The van der Waals surface area contributed by atoms with Gasteiger partial charge in [0.1, 0.15) is 0 Å². The zero-order valence-corrected chi connectivity index (χ0v) is 19.2. The van der Waals surface area contributed by atoms with E-state index in [4.69, 9.17) is 4.74 Å².